The fourth-order valence-corrected chi connectivity index (χ4v) is 1.80. The highest BCUT2D eigenvalue weighted by Gasteiger charge is 2.09. The van der Waals surface area contributed by atoms with E-state index in [0.29, 0.717) is 12.5 Å². The molecule has 2 heteroatoms. The molecule has 0 aliphatic heterocycles. The molecule has 0 aliphatic carbocycles. The van der Waals surface area contributed by atoms with Gasteiger partial charge in [0.2, 0.25) is 0 Å². The van der Waals surface area contributed by atoms with E-state index in [2.05, 4.69) is 26.0 Å². The highest BCUT2D eigenvalue weighted by Crippen LogP contribution is 2.18. The Kier molecular flexibility index (Phi) is 5.50. The summed E-state index contributed by atoms with van der Waals surface area (Å²) < 4.78 is 5.45. The Bertz CT molecular complexity index is 290. The number of aliphatic hydroxyl groups excluding tert-OH is 1. The van der Waals surface area contributed by atoms with Gasteiger partial charge in [0.05, 0.1) is 6.61 Å². The third kappa shape index (κ3) is 3.95. The van der Waals surface area contributed by atoms with Crippen LogP contribution < -0.4 is 0 Å². The van der Waals surface area contributed by atoms with E-state index in [1.54, 1.807) is 0 Å². The Morgan fingerprint density at radius 2 is 1.81 bits per heavy atom. The fraction of sp³-hybridized carbons (Fsp3) is 0.571. The zero-order valence-electron chi connectivity index (χ0n) is 10.4. The first-order valence-electron chi connectivity index (χ1n) is 5.98. The van der Waals surface area contributed by atoms with Crippen molar-refractivity contribution in [1.29, 1.82) is 0 Å². The number of aliphatic hydroxyl groups is 1. The van der Waals surface area contributed by atoms with Crippen LogP contribution in [0.2, 0.25) is 0 Å². The van der Waals surface area contributed by atoms with Crippen LogP contribution in [0.1, 0.15) is 38.0 Å². The molecule has 0 bridgehead atoms. The third-order valence-electron chi connectivity index (χ3n) is 2.53. The Morgan fingerprint density at radius 1 is 1.19 bits per heavy atom. The average Bonchev–Trinajstić information content (AvgIpc) is 2.26. The Hall–Kier alpha value is -0.860. The lowest BCUT2D eigenvalue weighted by Crippen LogP contribution is -2.08. The van der Waals surface area contributed by atoms with Crippen molar-refractivity contribution in [2.75, 3.05) is 13.2 Å². The van der Waals surface area contributed by atoms with Crippen molar-refractivity contribution in [3.63, 3.8) is 0 Å². The molecule has 0 fully saturated rings. The molecule has 1 unspecified atom stereocenters. The van der Waals surface area contributed by atoms with Gasteiger partial charge in [-0.1, -0.05) is 38.1 Å². The van der Waals surface area contributed by atoms with Gasteiger partial charge in [-0.3, -0.25) is 0 Å². The minimum atomic E-state index is -0.182. The van der Waals surface area contributed by atoms with Crippen LogP contribution in [0.5, 0.6) is 0 Å². The topological polar surface area (TPSA) is 29.5 Å². The fourth-order valence-electron chi connectivity index (χ4n) is 1.80. The molecular formula is C14H22O2. The molecule has 16 heavy (non-hydrogen) atoms. The number of ether oxygens (including phenoxy) is 1. The summed E-state index contributed by atoms with van der Waals surface area (Å²) in [5.74, 6) is 0.673. The van der Waals surface area contributed by atoms with Gasteiger partial charge in [0.1, 0.15) is 6.10 Å². The van der Waals surface area contributed by atoms with Crippen LogP contribution >= 0.6 is 0 Å². The van der Waals surface area contributed by atoms with Crippen molar-refractivity contribution >= 4 is 0 Å². The highest BCUT2D eigenvalue weighted by atomic mass is 16.5. The van der Waals surface area contributed by atoms with Crippen molar-refractivity contribution < 1.29 is 9.84 Å². The second-order valence-corrected chi connectivity index (χ2v) is 4.47. The van der Waals surface area contributed by atoms with E-state index in [1.165, 1.54) is 5.56 Å². The zero-order chi connectivity index (χ0) is 12.0. The summed E-state index contributed by atoms with van der Waals surface area (Å²) in [6, 6.07) is 8.34. The van der Waals surface area contributed by atoms with Crippen LogP contribution in [0.4, 0.5) is 0 Å². The molecule has 0 radical (unpaired) electrons. The largest absolute Gasteiger partial charge is 0.393 e. The van der Waals surface area contributed by atoms with Crippen LogP contribution in [0.25, 0.3) is 0 Å². The van der Waals surface area contributed by atoms with Crippen molar-refractivity contribution in [1.82, 2.24) is 0 Å². The van der Waals surface area contributed by atoms with E-state index in [0.717, 1.165) is 12.0 Å². The predicted molar refractivity (Wildman–Crippen MR) is 66.4 cm³/mol. The van der Waals surface area contributed by atoms with Crippen molar-refractivity contribution in [2.45, 2.75) is 33.3 Å². The Labute approximate surface area is 98.3 Å². The second-order valence-electron chi connectivity index (χ2n) is 4.47. The monoisotopic (exact) mass is 222 g/mol. The van der Waals surface area contributed by atoms with E-state index in [-0.39, 0.29) is 12.7 Å². The minimum absolute atomic E-state index is 0.0391. The lowest BCUT2D eigenvalue weighted by atomic mass is 10.0. The van der Waals surface area contributed by atoms with Gasteiger partial charge in [-0.2, -0.15) is 0 Å². The normalized spacial score (nSPS) is 13.1. The molecule has 0 aliphatic rings. The van der Waals surface area contributed by atoms with E-state index >= 15 is 0 Å². The number of hydrogen-bond donors (Lipinski definition) is 1. The summed E-state index contributed by atoms with van der Waals surface area (Å²) in [4.78, 5) is 0. The van der Waals surface area contributed by atoms with Gasteiger partial charge >= 0.3 is 0 Å². The molecule has 1 rings (SSSR count). The summed E-state index contributed by atoms with van der Waals surface area (Å²) in [7, 11) is 0. The molecule has 0 saturated carbocycles. The van der Waals surface area contributed by atoms with Gasteiger partial charge in [0.25, 0.3) is 0 Å². The zero-order valence-corrected chi connectivity index (χ0v) is 10.4. The summed E-state index contributed by atoms with van der Waals surface area (Å²) in [5, 5.41) is 9.20. The van der Waals surface area contributed by atoms with E-state index in [1.807, 2.05) is 19.1 Å². The maximum Gasteiger partial charge on any atom is 0.105 e. The third-order valence-corrected chi connectivity index (χ3v) is 2.53. The van der Waals surface area contributed by atoms with Crippen LogP contribution in [0.3, 0.4) is 0 Å². The summed E-state index contributed by atoms with van der Waals surface area (Å²) in [5.41, 5.74) is 2.39. The molecule has 1 atom stereocenters. The molecule has 0 spiro atoms. The summed E-state index contributed by atoms with van der Waals surface area (Å²) in [6.07, 6.45) is 0.914. The van der Waals surface area contributed by atoms with Gasteiger partial charge in [0, 0.05) is 6.61 Å². The molecule has 1 aromatic rings. The predicted octanol–water partition coefficient (Wildman–Crippen LogP) is 2.96. The number of hydrogen-bond acceptors (Lipinski definition) is 2. The van der Waals surface area contributed by atoms with E-state index in [9.17, 15) is 5.11 Å². The SMILES string of the molecule is CCOC(CO)c1ccc(CC(C)C)cc1. The highest BCUT2D eigenvalue weighted by molar-refractivity contribution is 5.24. The molecule has 0 amide bonds. The molecule has 0 saturated heterocycles. The maximum absolute atomic E-state index is 9.20. The minimum Gasteiger partial charge on any atom is -0.393 e. The lowest BCUT2D eigenvalue weighted by molar-refractivity contribution is 0.0189. The molecule has 0 aromatic heterocycles. The first-order chi connectivity index (χ1) is 7.67. The molecule has 0 heterocycles. The van der Waals surface area contributed by atoms with E-state index < -0.39 is 0 Å². The van der Waals surface area contributed by atoms with Gasteiger partial charge in [-0.05, 0) is 30.4 Å². The maximum atomic E-state index is 9.20. The summed E-state index contributed by atoms with van der Waals surface area (Å²) in [6.45, 7) is 7.03. The van der Waals surface area contributed by atoms with Crippen LogP contribution in [-0.2, 0) is 11.2 Å². The Balaban J connectivity index is 2.69. The molecule has 1 N–H and O–H groups in total. The smallest absolute Gasteiger partial charge is 0.105 e. The Morgan fingerprint density at radius 3 is 2.25 bits per heavy atom. The van der Waals surface area contributed by atoms with Crippen LogP contribution in [0.15, 0.2) is 24.3 Å². The summed E-state index contributed by atoms with van der Waals surface area (Å²) >= 11 is 0. The van der Waals surface area contributed by atoms with Gasteiger partial charge in [-0.25, -0.2) is 0 Å². The van der Waals surface area contributed by atoms with Gasteiger partial charge < -0.3 is 9.84 Å². The van der Waals surface area contributed by atoms with Gasteiger partial charge in [-0.15, -0.1) is 0 Å². The standard InChI is InChI=1S/C14H22O2/c1-4-16-14(10-15)13-7-5-12(6-8-13)9-11(2)3/h5-8,11,14-15H,4,9-10H2,1-3H3. The van der Waals surface area contributed by atoms with E-state index in [4.69, 9.17) is 4.74 Å². The first kappa shape index (κ1) is 13.2. The molecule has 2 nitrogen and oxygen atoms in total. The second kappa shape index (κ2) is 6.66. The van der Waals surface area contributed by atoms with Crippen molar-refractivity contribution in [3.05, 3.63) is 35.4 Å². The lowest BCUT2D eigenvalue weighted by Gasteiger charge is -2.15. The molecular weight excluding hydrogens is 200 g/mol. The van der Waals surface area contributed by atoms with Crippen LogP contribution in [0, 0.1) is 5.92 Å². The van der Waals surface area contributed by atoms with Crippen LogP contribution in [-0.4, -0.2) is 18.3 Å². The van der Waals surface area contributed by atoms with Crippen molar-refractivity contribution in [3.8, 4) is 0 Å². The van der Waals surface area contributed by atoms with Crippen molar-refractivity contribution in [2.24, 2.45) is 5.92 Å². The number of benzene rings is 1. The molecule has 1 aromatic carbocycles. The first-order valence-corrected chi connectivity index (χ1v) is 5.98. The number of rotatable bonds is 6. The average molecular weight is 222 g/mol. The molecule has 90 valence electrons. The quantitative estimate of drug-likeness (QED) is 0.802. The van der Waals surface area contributed by atoms with Gasteiger partial charge in [0.15, 0.2) is 0 Å².